The lowest BCUT2D eigenvalue weighted by Crippen LogP contribution is -2.36. The molecule has 490 valence electrons. The van der Waals surface area contributed by atoms with Gasteiger partial charge in [-0.1, -0.05) is 130 Å². The average Bonchev–Trinajstić information content (AvgIpc) is 2.31. The van der Waals surface area contributed by atoms with Crippen molar-refractivity contribution in [1.29, 1.82) is 0 Å². The zero-order chi connectivity index (χ0) is 66.9. The zero-order valence-corrected chi connectivity index (χ0v) is 55.0. The summed E-state index contributed by atoms with van der Waals surface area (Å²) in [5.74, 6) is -0.0659. The van der Waals surface area contributed by atoms with E-state index in [1.165, 1.54) is 19.3 Å². The first-order chi connectivity index (χ1) is 43.2. The molecule has 6 atom stereocenters. The Balaban J connectivity index is 0.000000221. The molecule has 91 heavy (non-hydrogen) atoms. The normalized spacial score (nSPS) is 19.5. The Morgan fingerprint density at radius 2 is 0.714 bits per heavy atom. The van der Waals surface area contributed by atoms with E-state index in [-0.39, 0.29) is 81.0 Å². The van der Waals surface area contributed by atoms with E-state index in [1.54, 1.807) is 125 Å². The zero-order valence-electron chi connectivity index (χ0n) is 55.0. The second kappa shape index (κ2) is 36.4. The molecule has 4 aromatic rings. The lowest BCUT2D eigenvalue weighted by Gasteiger charge is -2.36. The van der Waals surface area contributed by atoms with Crippen LogP contribution < -0.4 is 18.9 Å². The third-order valence-corrected chi connectivity index (χ3v) is 16.4. The van der Waals surface area contributed by atoms with Crippen molar-refractivity contribution < 1.29 is 76.3 Å². The molecule has 4 aliphatic carbocycles. The third-order valence-electron chi connectivity index (χ3n) is 16.4. The van der Waals surface area contributed by atoms with Crippen LogP contribution in [0, 0.1) is 35.5 Å². The van der Waals surface area contributed by atoms with Gasteiger partial charge in [-0.25, -0.2) is 38.4 Å². The minimum Gasteiger partial charge on any atom is -0.459 e. The van der Waals surface area contributed by atoms with Crippen molar-refractivity contribution in [3.8, 4) is 23.0 Å². The van der Waals surface area contributed by atoms with Gasteiger partial charge in [0.15, 0.2) is 0 Å². The monoisotopic (exact) mass is 1250 g/mol. The summed E-state index contributed by atoms with van der Waals surface area (Å²) in [7, 11) is 0. The second-order valence-corrected chi connectivity index (χ2v) is 25.2. The first kappa shape index (κ1) is 73.3. The smallest absolute Gasteiger partial charge is 0.342 e. The molecule has 0 spiro atoms. The molecule has 0 heterocycles. The Kier molecular flexibility index (Phi) is 29.4. The SMILES string of the molecule is C=C(C)C(=O)Oc1cccc(C(=O)OC2CC(C)CCC2C(C)C)c1.C=C(C)C(=O)Oc1ccccc1C(=O)OC1CC(C)CCC1C(C)C.C=C(C)C(=O)Oc1ccccc1C(=O)OC1CCCC1.C=C(C)C(=O)Oc1ccccc1C(=O)OC1CCCCC1. The van der Waals surface area contributed by atoms with Crippen molar-refractivity contribution in [2.24, 2.45) is 35.5 Å². The van der Waals surface area contributed by atoms with Gasteiger partial charge in [0.25, 0.3) is 0 Å². The van der Waals surface area contributed by atoms with Crippen LogP contribution in [0.15, 0.2) is 146 Å². The van der Waals surface area contributed by atoms with Gasteiger partial charge in [0.1, 0.15) is 64.1 Å². The van der Waals surface area contributed by atoms with Crippen molar-refractivity contribution >= 4 is 47.8 Å². The molecule has 0 aromatic heterocycles. The predicted molar refractivity (Wildman–Crippen MR) is 349 cm³/mol. The van der Waals surface area contributed by atoms with Crippen LogP contribution in [0.2, 0.25) is 0 Å². The third kappa shape index (κ3) is 23.7. The average molecular weight is 1250 g/mol. The van der Waals surface area contributed by atoms with Crippen molar-refractivity contribution in [2.75, 3.05) is 0 Å². The van der Waals surface area contributed by atoms with Crippen molar-refractivity contribution in [2.45, 2.75) is 190 Å². The number of ether oxygens (including phenoxy) is 8. The highest BCUT2D eigenvalue weighted by Crippen LogP contribution is 2.38. The van der Waals surface area contributed by atoms with E-state index in [0.717, 1.165) is 77.0 Å². The molecule has 4 saturated carbocycles. The van der Waals surface area contributed by atoms with Crippen LogP contribution in [-0.4, -0.2) is 72.2 Å². The van der Waals surface area contributed by atoms with Gasteiger partial charge >= 0.3 is 47.8 Å². The molecule has 0 aliphatic heterocycles. The largest absolute Gasteiger partial charge is 0.459 e. The predicted octanol–water partition coefficient (Wildman–Crippen LogP) is 16.5. The fraction of sp³-hybridized carbons (Fsp3) is 0.467. The number of benzene rings is 4. The van der Waals surface area contributed by atoms with Crippen LogP contribution in [0.25, 0.3) is 0 Å². The molecule has 0 saturated heterocycles. The summed E-state index contributed by atoms with van der Waals surface area (Å²) in [4.78, 5) is 96.3. The van der Waals surface area contributed by atoms with Crippen LogP contribution in [0.1, 0.15) is 207 Å². The van der Waals surface area contributed by atoms with E-state index < -0.39 is 41.8 Å². The first-order valence-corrected chi connectivity index (χ1v) is 31.9. The van der Waals surface area contributed by atoms with Crippen LogP contribution in [0.3, 0.4) is 0 Å². The Morgan fingerprint density at radius 1 is 0.385 bits per heavy atom. The molecule has 16 nitrogen and oxygen atoms in total. The van der Waals surface area contributed by atoms with Gasteiger partial charge in [-0.3, -0.25) is 0 Å². The summed E-state index contributed by atoms with van der Waals surface area (Å²) >= 11 is 0. The summed E-state index contributed by atoms with van der Waals surface area (Å²) in [6, 6.07) is 26.4. The van der Waals surface area contributed by atoms with E-state index >= 15 is 0 Å². The highest BCUT2D eigenvalue weighted by atomic mass is 16.6. The molecule has 4 fully saturated rings. The number of para-hydroxylation sites is 3. The van der Waals surface area contributed by atoms with Crippen molar-refractivity contribution in [3.05, 3.63) is 168 Å². The quantitative estimate of drug-likeness (QED) is 0.0392. The molecule has 0 radical (unpaired) electrons. The van der Waals surface area contributed by atoms with Gasteiger partial charge in [0.05, 0.1) is 5.56 Å². The van der Waals surface area contributed by atoms with Crippen LogP contribution >= 0.6 is 0 Å². The number of esters is 8. The number of rotatable bonds is 18. The number of carbonyl (C=O) groups excluding carboxylic acids is 8. The molecule has 0 amide bonds. The van der Waals surface area contributed by atoms with Gasteiger partial charge in [-0.05, 0) is 195 Å². The summed E-state index contributed by atoms with van der Waals surface area (Å²) < 4.78 is 43.4. The van der Waals surface area contributed by atoms with Crippen molar-refractivity contribution in [1.82, 2.24) is 0 Å². The molecule has 4 aromatic carbocycles. The maximum Gasteiger partial charge on any atom is 0.342 e. The Hall–Kier alpha value is -8.40. The van der Waals surface area contributed by atoms with E-state index in [9.17, 15) is 38.4 Å². The lowest BCUT2D eigenvalue weighted by molar-refractivity contribution is -0.131. The van der Waals surface area contributed by atoms with Gasteiger partial charge in [0, 0.05) is 22.3 Å². The topological polar surface area (TPSA) is 210 Å². The number of carbonyl (C=O) groups is 8. The lowest BCUT2D eigenvalue weighted by atomic mass is 9.75. The van der Waals surface area contributed by atoms with E-state index in [2.05, 4.69) is 67.9 Å². The summed E-state index contributed by atoms with van der Waals surface area (Å²) in [5.41, 5.74) is 2.37. The van der Waals surface area contributed by atoms with E-state index in [0.29, 0.717) is 52.4 Å². The van der Waals surface area contributed by atoms with Gasteiger partial charge in [-0.2, -0.15) is 0 Å². The minimum absolute atomic E-state index is 0.0209. The second-order valence-electron chi connectivity index (χ2n) is 25.2. The van der Waals surface area contributed by atoms with Crippen LogP contribution in [0.4, 0.5) is 0 Å². The molecule has 4 aliphatic rings. The maximum absolute atomic E-state index is 12.7. The minimum atomic E-state index is -0.550. The van der Waals surface area contributed by atoms with Gasteiger partial charge < -0.3 is 37.9 Å². The van der Waals surface area contributed by atoms with Crippen LogP contribution in [-0.2, 0) is 38.1 Å². The Labute approximate surface area is 538 Å². The summed E-state index contributed by atoms with van der Waals surface area (Å²) in [5, 5.41) is 0. The highest BCUT2D eigenvalue weighted by molar-refractivity contribution is 5.97. The molecule has 6 unspecified atom stereocenters. The molecule has 0 bridgehead atoms. The molecule has 16 heteroatoms. The van der Waals surface area contributed by atoms with E-state index in [4.69, 9.17) is 37.9 Å². The molecule has 8 rings (SSSR count). The molecular formula is C75H94O16. The van der Waals surface area contributed by atoms with E-state index in [1.807, 2.05) is 0 Å². The number of hydrogen-bond donors (Lipinski definition) is 0. The first-order valence-electron chi connectivity index (χ1n) is 31.9. The highest BCUT2D eigenvalue weighted by Gasteiger charge is 2.36. The molecular weight excluding hydrogens is 1160 g/mol. The summed E-state index contributed by atoms with van der Waals surface area (Å²) in [6.45, 7) is 33.5. The van der Waals surface area contributed by atoms with Gasteiger partial charge in [0.2, 0.25) is 0 Å². The van der Waals surface area contributed by atoms with Crippen molar-refractivity contribution in [3.63, 3.8) is 0 Å². The van der Waals surface area contributed by atoms with Gasteiger partial charge in [-0.15, -0.1) is 0 Å². The van der Waals surface area contributed by atoms with Crippen LogP contribution in [0.5, 0.6) is 23.0 Å². The fourth-order valence-corrected chi connectivity index (χ4v) is 11.1. The number of hydrogen-bond acceptors (Lipinski definition) is 16. The Morgan fingerprint density at radius 3 is 1.08 bits per heavy atom. The Bertz CT molecular complexity index is 3210. The molecule has 0 N–H and O–H groups in total. The standard InChI is InChI=1S/2C21H28O4.C17H20O4.C16H18O4/c1-13(2)18-10-9-15(5)11-19(18)25-21(23)16-7-6-8-17(12-16)24-20(22)14(3)4;1-13(2)16-11-10-15(5)12-19(16)25-21(23)17-8-6-7-9-18(17)24-20(22)14(3)4;1-12(2)16(18)21-15-11-7-6-10-14(15)17(19)20-13-8-4-3-5-9-13;1-11(2)15(17)20-14-10-6-5-9-13(14)16(18)19-12-7-3-4-8-12/h6-8,12-13,15,18-19H,3,9-11H2,1-2,4-5H3;6-9,13,15-16,19H,3,10-12H2,1-2,4-5H3;6-7,10-11,13H,1,3-5,8-9H2,2H3;5-6,9-10,12H,1,3-4,7-8H2,2H3. The fourth-order valence-electron chi connectivity index (χ4n) is 11.1. The summed E-state index contributed by atoms with van der Waals surface area (Å²) in [6.07, 6.45) is 15.2. The maximum atomic E-state index is 12.7.